The summed E-state index contributed by atoms with van der Waals surface area (Å²) >= 11 is 1.79. The van der Waals surface area contributed by atoms with Crippen molar-refractivity contribution < 1.29 is 0 Å². The first-order valence-electron chi connectivity index (χ1n) is 6.27. The van der Waals surface area contributed by atoms with E-state index in [0.717, 1.165) is 25.7 Å². The molecule has 1 aliphatic rings. The molecular weight excluding hydrogens is 218 g/mol. The molecule has 0 amide bonds. The number of thiazole rings is 1. The number of anilines is 1. The van der Waals surface area contributed by atoms with Gasteiger partial charge >= 0.3 is 0 Å². The van der Waals surface area contributed by atoms with Crippen LogP contribution in [0.1, 0.15) is 38.8 Å². The number of hydrogen-bond donors (Lipinski definition) is 1. The van der Waals surface area contributed by atoms with Crippen LogP contribution in [0, 0.1) is 0 Å². The van der Waals surface area contributed by atoms with Crippen molar-refractivity contribution in [2.45, 2.75) is 45.7 Å². The van der Waals surface area contributed by atoms with Crippen LogP contribution in [0.4, 0.5) is 5.13 Å². The molecule has 0 unspecified atom stereocenters. The Morgan fingerprint density at radius 1 is 1.50 bits per heavy atom. The average Bonchev–Trinajstić information content (AvgIpc) is 3.02. The fourth-order valence-electron chi connectivity index (χ4n) is 1.82. The van der Waals surface area contributed by atoms with Crippen LogP contribution >= 0.6 is 11.3 Å². The lowest BCUT2D eigenvalue weighted by Crippen LogP contribution is -2.26. The molecular formula is C12H21N3S. The van der Waals surface area contributed by atoms with Crippen LogP contribution in [0.3, 0.4) is 0 Å². The van der Waals surface area contributed by atoms with E-state index in [-0.39, 0.29) is 0 Å². The minimum Gasteiger partial charge on any atom is -0.345 e. The quantitative estimate of drug-likeness (QED) is 0.793. The lowest BCUT2D eigenvalue weighted by molar-refractivity contribution is 0.708. The predicted molar refractivity (Wildman–Crippen MR) is 70.2 cm³/mol. The monoisotopic (exact) mass is 239 g/mol. The molecule has 1 aromatic rings. The number of aromatic nitrogens is 1. The molecule has 0 aromatic carbocycles. The van der Waals surface area contributed by atoms with Gasteiger partial charge in [0, 0.05) is 24.5 Å². The molecule has 0 atom stereocenters. The second-order valence-electron chi connectivity index (χ2n) is 4.33. The van der Waals surface area contributed by atoms with Crippen LogP contribution in [-0.4, -0.2) is 24.1 Å². The number of rotatable bonds is 7. The molecule has 1 fully saturated rings. The summed E-state index contributed by atoms with van der Waals surface area (Å²) in [6.45, 7) is 7.42. The Balaban J connectivity index is 1.97. The fourth-order valence-corrected chi connectivity index (χ4v) is 2.75. The van der Waals surface area contributed by atoms with E-state index in [1.807, 2.05) is 0 Å². The Hall–Kier alpha value is -0.610. The van der Waals surface area contributed by atoms with Gasteiger partial charge in [0.05, 0.1) is 5.69 Å². The van der Waals surface area contributed by atoms with Crippen molar-refractivity contribution in [1.29, 1.82) is 0 Å². The van der Waals surface area contributed by atoms with Gasteiger partial charge in [0.25, 0.3) is 0 Å². The number of hydrogen-bond acceptors (Lipinski definition) is 4. The summed E-state index contributed by atoms with van der Waals surface area (Å²) in [4.78, 5) is 7.20. The van der Waals surface area contributed by atoms with Crippen molar-refractivity contribution in [1.82, 2.24) is 10.3 Å². The molecule has 0 bridgehead atoms. The Labute approximate surface area is 102 Å². The van der Waals surface area contributed by atoms with Crippen molar-refractivity contribution in [3.63, 3.8) is 0 Å². The molecule has 0 saturated heterocycles. The van der Waals surface area contributed by atoms with E-state index in [9.17, 15) is 0 Å². The average molecular weight is 239 g/mol. The lowest BCUT2D eigenvalue weighted by Gasteiger charge is -2.20. The van der Waals surface area contributed by atoms with Gasteiger partial charge in [-0.05, 0) is 25.8 Å². The van der Waals surface area contributed by atoms with Crippen molar-refractivity contribution in [3.05, 3.63) is 11.1 Å². The van der Waals surface area contributed by atoms with Gasteiger partial charge in [0.15, 0.2) is 5.13 Å². The van der Waals surface area contributed by atoms with Gasteiger partial charge < -0.3 is 10.2 Å². The van der Waals surface area contributed by atoms with Crippen LogP contribution in [-0.2, 0) is 6.54 Å². The maximum atomic E-state index is 4.71. The van der Waals surface area contributed by atoms with Crippen LogP contribution in [0.25, 0.3) is 0 Å². The topological polar surface area (TPSA) is 28.2 Å². The minimum absolute atomic E-state index is 0.776. The third kappa shape index (κ3) is 2.95. The molecule has 0 aliphatic heterocycles. The SMILES string of the molecule is CCCN(c1nc(CNCC)cs1)C1CC1. The summed E-state index contributed by atoms with van der Waals surface area (Å²) in [5, 5.41) is 6.72. The summed E-state index contributed by atoms with van der Waals surface area (Å²) in [6, 6.07) is 0.776. The van der Waals surface area contributed by atoms with Gasteiger partial charge in [-0.2, -0.15) is 0 Å². The highest BCUT2D eigenvalue weighted by molar-refractivity contribution is 7.13. The van der Waals surface area contributed by atoms with E-state index in [1.165, 1.54) is 30.1 Å². The van der Waals surface area contributed by atoms with Crippen LogP contribution in [0.15, 0.2) is 5.38 Å². The van der Waals surface area contributed by atoms with Gasteiger partial charge in [-0.25, -0.2) is 4.98 Å². The van der Waals surface area contributed by atoms with Crippen LogP contribution < -0.4 is 10.2 Å². The zero-order chi connectivity index (χ0) is 11.4. The molecule has 1 heterocycles. The van der Waals surface area contributed by atoms with Crippen molar-refractivity contribution >= 4 is 16.5 Å². The standard InChI is InChI=1S/C12H21N3S/c1-3-7-15(11-5-6-11)12-14-10(9-16-12)8-13-4-2/h9,11,13H,3-8H2,1-2H3. The predicted octanol–water partition coefficient (Wildman–Crippen LogP) is 2.63. The summed E-state index contributed by atoms with van der Waals surface area (Å²) in [7, 11) is 0. The molecule has 2 rings (SSSR count). The molecule has 1 saturated carbocycles. The second-order valence-corrected chi connectivity index (χ2v) is 5.16. The Morgan fingerprint density at radius 3 is 2.94 bits per heavy atom. The molecule has 0 radical (unpaired) electrons. The number of nitrogens with one attached hydrogen (secondary N) is 1. The first-order chi connectivity index (χ1) is 7.85. The molecule has 0 spiro atoms. The van der Waals surface area contributed by atoms with Gasteiger partial charge in [0.2, 0.25) is 0 Å². The van der Waals surface area contributed by atoms with Crippen molar-refractivity contribution in [3.8, 4) is 0 Å². The molecule has 4 heteroatoms. The molecule has 1 aliphatic carbocycles. The first kappa shape index (κ1) is 11.9. The van der Waals surface area contributed by atoms with Crippen LogP contribution in [0.2, 0.25) is 0 Å². The Morgan fingerprint density at radius 2 is 2.31 bits per heavy atom. The Bertz CT molecular complexity index is 320. The maximum Gasteiger partial charge on any atom is 0.185 e. The molecule has 16 heavy (non-hydrogen) atoms. The zero-order valence-electron chi connectivity index (χ0n) is 10.2. The highest BCUT2D eigenvalue weighted by Crippen LogP contribution is 2.33. The largest absolute Gasteiger partial charge is 0.345 e. The van der Waals surface area contributed by atoms with E-state index < -0.39 is 0 Å². The van der Waals surface area contributed by atoms with Crippen molar-refractivity contribution in [2.75, 3.05) is 18.0 Å². The maximum absolute atomic E-state index is 4.71. The van der Waals surface area contributed by atoms with Gasteiger partial charge in [-0.15, -0.1) is 11.3 Å². The van der Waals surface area contributed by atoms with E-state index >= 15 is 0 Å². The van der Waals surface area contributed by atoms with Gasteiger partial charge in [-0.1, -0.05) is 13.8 Å². The third-order valence-electron chi connectivity index (χ3n) is 2.79. The molecule has 1 N–H and O–H groups in total. The Kier molecular flexibility index (Phi) is 4.18. The van der Waals surface area contributed by atoms with E-state index in [1.54, 1.807) is 11.3 Å². The second kappa shape index (κ2) is 5.64. The highest BCUT2D eigenvalue weighted by atomic mass is 32.1. The zero-order valence-corrected chi connectivity index (χ0v) is 11.0. The molecule has 90 valence electrons. The fraction of sp³-hybridized carbons (Fsp3) is 0.750. The normalized spacial score (nSPS) is 15.4. The van der Waals surface area contributed by atoms with Gasteiger partial charge in [0.1, 0.15) is 0 Å². The lowest BCUT2D eigenvalue weighted by atomic mass is 10.4. The third-order valence-corrected chi connectivity index (χ3v) is 3.72. The van der Waals surface area contributed by atoms with Crippen molar-refractivity contribution in [2.24, 2.45) is 0 Å². The van der Waals surface area contributed by atoms with E-state index in [2.05, 4.69) is 29.4 Å². The van der Waals surface area contributed by atoms with E-state index in [4.69, 9.17) is 4.98 Å². The minimum atomic E-state index is 0.776. The summed E-state index contributed by atoms with van der Waals surface area (Å²) < 4.78 is 0. The summed E-state index contributed by atoms with van der Waals surface area (Å²) in [5.74, 6) is 0. The summed E-state index contributed by atoms with van der Waals surface area (Å²) in [6.07, 6.45) is 3.91. The smallest absolute Gasteiger partial charge is 0.185 e. The molecule has 1 aromatic heterocycles. The summed E-state index contributed by atoms with van der Waals surface area (Å²) in [5.41, 5.74) is 1.18. The van der Waals surface area contributed by atoms with E-state index in [0.29, 0.717) is 0 Å². The van der Waals surface area contributed by atoms with Crippen LogP contribution in [0.5, 0.6) is 0 Å². The first-order valence-corrected chi connectivity index (χ1v) is 7.14. The highest BCUT2D eigenvalue weighted by Gasteiger charge is 2.30. The number of nitrogens with zero attached hydrogens (tertiary/aromatic N) is 2. The molecule has 3 nitrogen and oxygen atoms in total. The van der Waals surface area contributed by atoms with Gasteiger partial charge in [-0.3, -0.25) is 0 Å².